The summed E-state index contributed by atoms with van der Waals surface area (Å²) in [4.78, 5) is 4.14. The molecule has 1 aromatic heterocycles. The summed E-state index contributed by atoms with van der Waals surface area (Å²) in [7, 11) is 0. The van der Waals surface area contributed by atoms with Gasteiger partial charge >= 0.3 is 6.18 Å². The Labute approximate surface area is 114 Å². The van der Waals surface area contributed by atoms with Crippen molar-refractivity contribution in [3.63, 3.8) is 0 Å². The van der Waals surface area contributed by atoms with E-state index in [1.165, 1.54) is 6.20 Å². The van der Waals surface area contributed by atoms with Crippen LogP contribution in [0.5, 0.6) is 0 Å². The third-order valence-corrected chi connectivity index (χ3v) is 4.29. The Morgan fingerprint density at radius 1 is 1.58 bits per heavy atom. The number of nitrogens with zero attached hydrogens (tertiary/aromatic N) is 1. The van der Waals surface area contributed by atoms with Gasteiger partial charge in [0.1, 0.15) is 0 Å². The molecule has 0 aliphatic carbocycles. The van der Waals surface area contributed by atoms with E-state index in [4.69, 9.17) is 4.74 Å². The van der Waals surface area contributed by atoms with Gasteiger partial charge in [-0.1, -0.05) is 6.92 Å². The van der Waals surface area contributed by atoms with Crippen LogP contribution in [0.3, 0.4) is 0 Å². The Kier molecular flexibility index (Phi) is 4.81. The second-order valence-corrected chi connectivity index (χ2v) is 5.64. The molecule has 7 heteroatoms. The fourth-order valence-electron chi connectivity index (χ4n) is 2.31. The second kappa shape index (κ2) is 6.19. The van der Waals surface area contributed by atoms with Crippen molar-refractivity contribution >= 4 is 11.3 Å². The molecule has 2 unspecified atom stereocenters. The van der Waals surface area contributed by atoms with Gasteiger partial charge in [-0.2, -0.15) is 13.2 Å². The average Bonchev–Trinajstić information content (AvgIpc) is 2.86. The predicted octanol–water partition coefficient (Wildman–Crippen LogP) is 3.24. The molecule has 3 nitrogen and oxygen atoms in total. The van der Waals surface area contributed by atoms with E-state index in [9.17, 15) is 13.2 Å². The molecule has 19 heavy (non-hydrogen) atoms. The number of rotatable bonds is 4. The highest BCUT2D eigenvalue weighted by molar-refractivity contribution is 7.11. The predicted molar refractivity (Wildman–Crippen MR) is 67.1 cm³/mol. The minimum atomic E-state index is -4.36. The highest BCUT2D eigenvalue weighted by Crippen LogP contribution is 2.37. The molecule has 0 amide bonds. The van der Waals surface area contributed by atoms with Gasteiger partial charge in [-0.25, -0.2) is 4.98 Å². The van der Waals surface area contributed by atoms with Crippen molar-refractivity contribution in [3.05, 3.63) is 16.1 Å². The first kappa shape index (κ1) is 14.7. The van der Waals surface area contributed by atoms with Gasteiger partial charge in [0, 0.05) is 29.6 Å². The highest BCUT2D eigenvalue weighted by Gasteiger charge is 2.36. The molecule has 0 bridgehead atoms. The Morgan fingerprint density at radius 3 is 2.89 bits per heavy atom. The van der Waals surface area contributed by atoms with Crippen molar-refractivity contribution in [2.24, 2.45) is 5.92 Å². The number of nitrogens with one attached hydrogen (secondary N) is 1. The van der Waals surface area contributed by atoms with Gasteiger partial charge in [0.05, 0.1) is 6.61 Å². The average molecular weight is 294 g/mol. The molecule has 1 fully saturated rings. The summed E-state index contributed by atoms with van der Waals surface area (Å²) in [5.74, 6) is 0.218. The molecule has 108 valence electrons. The largest absolute Gasteiger partial charge is 0.443 e. The molecular formula is C12H17F3N2OS. The molecule has 1 aromatic rings. The quantitative estimate of drug-likeness (QED) is 0.925. The topological polar surface area (TPSA) is 34.2 Å². The number of hydrogen-bond acceptors (Lipinski definition) is 4. The second-order valence-electron chi connectivity index (χ2n) is 4.58. The van der Waals surface area contributed by atoms with Crippen molar-refractivity contribution < 1.29 is 17.9 Å². The molecule has 1 aliphatic heterocycles. The van der Waals surface area contributed by atoms with Gasteiger partial charge in [0.2, 0.25) is 0 Å². The molecule has 0 radical (unpaired) electrons. The summed E-state index contributed by atoms with van der Waals surface area (Å²) in [5.41, 5.74) is 0. The number of halogens is 3. The van der Waals surface area contributed by atoms with Crippen molar-refractivity contribution in [1.82, 2.24) is 10.3 Å². The number of aromatic nitrogens is 1. The lowest BCUT2D eigenvalue weighted by Gasteiger charge is -2.29. The van der Waals surface area contributed by atoms with Gasteiger partial charge in [0.15, 0.2) is 5.01 Å². The van der Waals surface area contributed by atoms with Crippen molar-refractivity contribution in [3.8, 4) is 0 Å². The SMILES string of the molecule is CCNC(c1cnc(C(F)(F)F)s1)C1CCCOC1. The maximum absolute atomic E-state index is 12.6. The highest BCUT2D eigenvalue weighted by atomic mass is 32.1. The van der Waals surface area contributed by atoms with E-state index in [0.717, 1.165) is 30.8 Å². The molecular weight excluding hydrogens is 277 g/mol. The van der Waals surface area contributed by atoms with Crippen LogP contribution in [0, 0.1) is 5.92 Å². The zero-order chi connectivity index (χ0) is 13.9. The molecule has 1 N–H and O–H groups in total. The molecule has 0 saturated carbocycles. The van der Waals surface area contributed by atoms with E-state index < -0.39 is 11.2 Å². The fraction of sp³-hybridized carbons (Fsp3) is 0.750. The normalized spacial score (nSPS) is 22.4. The minimum absolute atomic E-state index is 0.0982. The minimum Gasteiger partial charge on any atom is -0.381 e. The Morgan fingerprint density at radius 2 is 2.37 bits per heavy atom. The molecule has 2 rings (SSSR count). The summed E-state index contributed by atoms with van der Waals surface area (Å²) in [6, 6.07) is -0.0982. The standard InChI is InChI=1S/C12H17F3N2OS/c1-2-16-10(8-4-3-5-18-7-8)9-6-17-11(19-9)12(13,14)15/h6,8,10,16H,2-5,7H2,1H3. The van der Waals surface area contributed by atoms with Crippen LogP contribution in [-0.2, 0) is 10.9 Å². The smallest absolute Gasteiger partial charge is 0.381 e. The third kappa shape index (κ3) is 3.67. The number of alkyl halides is 3. The van der Waals surface area contributed by atoms with Crippen LogP contribution in [0.15, 0.2) is 6.20 Å². The zero-order valence-corrected chi connectivity index (χ0v) is 11.5. The van der Waals surface area contributed by atoms with Crippen LogP contribution < -0.4 is 5.32 Å². The van der Waals surface area contributed by atoms with Crippen LogP contribution in [0.4, 0.5) is 13.2 Å². The van der Waals surface area contributed by atoms with Gasteiger partial charge in [-0.15, -0.1) is 11.3 Å². The summed E-state index contributed by atoms with van der Waals surface area (Å²) in [5, 5.41) is 2.48. The van der Waals surface area contributed by atoms with E-state index >= 15 is 0 Å². The monoisotopic (exact) mass is 294 g/mol. The first-order chi connectivity index (χ1) is 9.02. The van der Waals surface area contributed by atoms with Crippen molar-refractivity contribution in [2.75, 3.05) is 19.8 Å². The lowest BCUT2D eigenvalue weighted by atomic mass is 9.93. The van der Waals surface area contributed by atoms with Gasteiger partial charge in [-0.05, 0) is 19.4 Å². The fourth-order valence-corrected chi connectivity index (χ4v) is 3.26. The molecule has 2 heterocycles. The maximum Gasteiger partial charge on any atom is 0.443 e. The molecule has 0 spiro atoms. The van der Waals surface area contributed by atoms with Gasteiger partial charge < -0.3 is 10.1 Å². The molecule has 1 aliphatic rings. The third-order valence-electron chi connectivity index (χ3n) is 3.16. The number of hydrogen-bond donors (Lipinski definition) is 1. The number of ether oxygens (including phenoxy) is 1. The van der Waals surface area contributed by atoms with Crippen molar-refractivity contribution in [2.45, 2.75) is 32.0 Å². The Bertz CT molecular complexity index is 402. The van der Waals surface area contributed by atoms with E-state index in [-0.39, 0.29) is 12.0 Å². The van der Waals surface area contributed by atoms with Crippen LogP contribution in [0.1, 0.15) is 35.7 Å². The Balaban J connectivity index is 2.16. The first-order valence-electron chi connectivity index (χ1n) is 6.36. The zero-order valence-electron chi connectivity index (χ0n) is 10.7. The summed E-state index contributed by atoms with van der Waals surface area (Å²) in [6.07, 6.45) is -1.09. The summed E-state index contributed by atoms with van der Waals surface area (Å²) in [6.45, 7) is 3.99. The van der Waals surface area contributed by atoms with Crippen LogP contribution in [0.25, 0.3) is 0 Å². The lowest BCUT2D eigenvalue weighted by molar-refractivity contribution is -0.137. The molecule has 0 aromatic carbocycles. The Hall–Kier alpha value is -0.660. The van der Waals surface area contributed by atoms with Crippen LogP contribution >= 0.6 is 11.3 Å². The van der Waals surface area contributed by atoms with Crippen molar-refractivity contribution in [1.29, 1.82) is 0 Å². The first-order valence-corrected chi connectivity index (χ1v) is 7.18. The van der Waals surface area contributed by atoms with E-state index in [2.05, 4.69) is 10.3 Å². The molecule has 1 saturated heterocycles. The van der Waals surface area contributed by atoms with Crippen LogP contribution in [0.2, 0.25) is 0 Å². The van der Waals surface area contributed by atoms with Crippen LogP contribution in [-0.4, -0.2) is 24.7 Å². The number of thiazole rings is 1. The summed E-state index contributed by atoms with van der Waals surface area (Å²) < 4.78 is 43.2. The van der Waals surface area contributed by atoms with E-state index in [1.54, 1.807) is 0 Å². The molecule has 2 atom stereocenters. The maximum atomic E-state index is 12.6. The summed E-state index contributed by atoms with van der Waals surface area (Å²) >= 11 is 0.727. The van der Waals surface area contributed by atoms with E-state index in [1.807, 2.05) is 6.92 Å². The van der Waals surface area contributed by atoms with E-state index in [0.29, 0.717) is 18.0 Å². The lowest BCUT2D eigenvalue weighted by Crippen LogP contribution is -2.32. The van der Waals surface area contributed by atoms with Gasteiger partial charge in [-0.3, -0.25) is 0 Å². The van der Waals surface area contributed by atoms with Gasteiger partial charge in [0.25, 0.3) is 0 Å².